The third-order valence-electron chi connectivity index (χ3n) is 3.53. The third-order valence-corrected chi connectivity index (χ3v) is 4.39. The molecular weight excluding hydrogens is 399 g/mol. The molecule has 27 heavy (non-hydrogen) atoms. The van der Waals surface area contributed by atoms with Gasteiger partial charge in [0.25, 0.3) is 0 Å². The summed E-state index contributed by atoms with van der Waals surface area (Å²) in [7, 11) is 1.72. The van der Waals surface area contributed by atoms with Crippen molar-refractivity contribution in [1.82, 2.24) is 10.2 Å². The summed E-state index contributed by atoms with van der Waals surface area (Å²) in [5, 5.41) is 5.68. The van der Waals surface area contributed by atoms with Crippen LogP contribution in [0.5, 0.6) is 0 Å². The van der Waals surface area contributed by atoms with Crippen LogP contribution in [-0.2, 0) is 16.1 Å². The smallest absolute Gasteiger partial charge is 0.243 e. The van der Waals surface area contributed by atoms with Crippen LogP contribution in [0.15, 0.2) is 36.4 Å². The van der Waals surface area contributed by atoms with Gasteiger partial charge in [0.05, 0.1) is 23.1 Å². The largest absolute Gasteiger partial charge is 0.346 e. The average molecular weight is 416 g/mol. The van der Waals surface area contributed by atoms with Crippen LogP contribution in [0.2, 0.25) is 10.0 Å². The van der Waals surface area contributed by atoms with Gasteiger partial charge in [0, 0.05) is 18.3 Å². The zero-order valence-electron chi connectivity index (χ0n) is 14.4. The van der Waals surface area contributed by atoms with E-state index in [2.05, 4.69) is 10.6 Å². The molecule has 5 nitrogen and oxygen atoms in total. The maximum atomic E-state index is 13.1. The van der Waals surface area contributed by atoms with E-state index in [0.717, 1.165) is 17.7 Å². The van der Waals surface area contributed by atoms with Crippen molar-refractivity contribution in [2.24, 2.45) is 0 Å². The average Bonchev–Trinajstić information content (AvgIpc) is 2.60. The van der Waals surface area contributed by atoms with Gasteiger partial charge < -0.3 is 10.6 Å². The van der Waals surface area contributed by atoms with Gasteiger partial charge in [-0.2, -0.15) is 0 Å². The van der Waals surface area contributed by atoms with Gasteiger partial charge in [-0.3, -0.25) is 14.5 Å². The second-order valence-electron chi connectivity index (χ2n) is 5.84. The Hall–Kier alpha value is -2.22. The van der Waals surface area contributed by atoms with Gasteiger partial charge in [0.15, 0.2) is 11.6 Å². The molecule has 144 valence electrons. The predicted molar refractivity (Wildman–Crippen MR) is 101 cm³/mol. The molecule has 2 rings (SSSR count). The highest BCUT2D eigenvalue weighted by Gasteiger charge is 2.12. The van der Waals surface area contributed by atoms with Crippen molar-refractivity contribution in [3.63, 3.8) is 0 Å². The van der Waals surface area contributed by atoms with E-state index < -0.39 is 17.5 Å². The number of carbonyl (C=O) groups is 2. The summed E-state index contributed by atoms with van der Waals surface area (Å²) in [5.74, 6) is -3.02. The third kappa shape index (κ3) is 6.46. The molecule has 0 atom stereocenters. The van der Waals surface area contributed by atoms with Crippen molar-refractivity contribution in [1.29, 1.82) is 0 Å². The van der Waals surface area contributed by atoms with Crippen molar-refractivity contribution < 1.29 is 18.4 Å². The Labute approximate surface area is 165 Å². The number of nitrogens with zero attached hydrogens (tertiary/aromatic N) is 1. The highest BCUT2D eigenvalue weighted by Crippen LogP contribution is 2.26. The van der Waals surface area contributed by atoms with Crippen LogP contribution in [0.25, 0.3) is 0 Å². The first-order valence-electron chi connectivity index (χ1n) is 7.89. The molecule has 0 unspecified atom stereocenters. The van der Waals surface area contributed by atoms with Gasteiger partial charge in [0.1, 0.15) is 0 Å². The molecule has 0 aromatic heterocycles. The van der Waals surface area contributed by atoms with Crippen LogP contribution >= 0.6 is 23.2 Å². The fraction of sp³-hybridized carbons (Fsp3) is 0.222. The minimum atomic E-state index is -1.07. The lowest BCUT2D eigenvalue weighted by Gasteiger charge is -2.17. The maximum absolute atomic E-state index is 13.1. The number of halogens is 4. The topological polar surface area (TPSA) is 61.4 Å². The van der Waals surface area contributed by atoms with Crippen LogP contribution in [0.3, 0.4) is 0 Å². The van der Waals surface area contributed by atoms with E-state index in [1.165, 1.54) is 6.07 Å². The molecule has 0 fully saturated rings. The SMILES string of the molecule is CN(CC(=O)NCC(=O)Nc1ccc(F)c(F)c1)Cc1cccc(Cl)c1Cl. The van der Waals surface area contributed by atoms with Crippen molar-refractivity contribution in [2.75, 3.05) is 25.5 Å². The van der Waals surface area contributed by atoms with E-state index in [1.54, 1.807) is 30.1 Å². The lowest BCUT2D eigenvalue weighted by molar-refractivity contribution is -0.124. The van der Waals surface area contributed by atoms with Crippen LogP contribution in [0.1, 0.15) is 5.56 Å². The second kappa shape index (κ2) is 9.64. The first-order valence-corrected chi connectivity index (χ1v) is 8.65. The lowest BCUT2D eigenvalue weighted by atomic mass is 10.2. The van der Waals surface area contributed by atoms with Gasteiger partial charge in [-0.15, -0.1) is 0 Å². The van der Waals surface area contributed by atoms with Gasteiger partial charge in [-0.05, 0) is 30.8 Å². The lowest BCUT2D eigenvalue weighted by Crippen LogP contribution is -2.39. The Morgan fingerprint density at radius 2 is 1.81 bits per heavy atom. The number of benzene rings is 2. The number of hydrogen-bond donors (Lipinski definition) is 2. The summed E-state index contributed by atoms with van der Waals surface area (Å²) >= 11 is 12.1. The summed E-state index contributed by atoms with van der Waals surface area (Å²) in [6.07, 6.45) is 0. The molecule has 0 saturated carbocycles. The van der Waals surface area contributed by atoms with E-state index in [0.29, 0.717) is 16.6 Å². The van der Waals surface area contributed by atoms with E-state index in [1.807, 2.05) is 0 Å². The number of nitrogens with one attached hydrogen (secondary N) is 2. The molecule has 0 aliphatic rings. The Balaban J connectivity index is 1.78. The van der Waals surface area contributed by atoms with Crippen LogP contribution < -0.4 is 10.6 Å². The molecule has 0 bridgehead atoms. The molecule has 0 radical (unpaired) electrons. The van der Waals surface area contributed by atoms with Gasteiger partial charge in [-0.1, -0.05) is 35.3 Å². The van der Waals surface area contributed by atoms with Crippen molar-refractivity contribution in [3.05, 3.63) is 63.6 Å². The Morgan fingerprint density at radius 3 is 2.52 bits per heavy atom. The zero-order valence-corrected chi connectivity index (χ0v) is 15.9. The molecule has 2 aromatic rings. The monoisotopic (exact) mass is 415 g/mol. The van der Waals surface area contributed by atoms with Gasteiger partial charge in [0.2, 0.25) is 11.8 Å². The standard InChI is InChI=1S/C18H17Cl2F2N3O2/c1-25(9-11-3-2-4-13(19)18(11)20)10-17(27)23-8-16(26)24-12-5-6-14(21)15(22)7-12/h2-7H,8-10H2,1H3,(H,23,27)(H,24,26). The van der Waals surface area contributed by atoms with Gasteiger partial charge in [-0.25, -0.2) is 8.78 Å². The molecule has 0 aliphatic heterocycles. The summed E-state index contributed by atoms with van der Waals surface area (Å²) in [6, 6.07) is 8.22. The maximum Gasteiger partial charge on any atom is 0.243 e. The zero-order chi connectivity index (χ0) is 20.0. The molecule has 9 heteroatoms. The number of likely N-dealkylation sites (N-methyl/N-ethyl adjacent to an activating group) is 1. The minimum Gasteiger partial charge on any atom is -0.346 e. The van der Waals surface area contributed by atoms with Gasteiger partial charge >= 0.3 is 0 Å². The molecular formula is C18H17Cl2F2N3O2. The fourth-order valence-corrected chi connectivity index (χ4v) is 2.66. The summed E-state index contributed by atoms with van der Waals surface area (Å²) in [5.41, 5.74) is 0.872. The quantitative estimate of drug-likeness (QED) is 0.727. The normalized spacial score (nSPS) is 10.7. The Kier molecular flexibility index (Phi) is 7.53. The number of rotatable bonds is 7. The number of hydrogen-bond acceptors (Lipinski definition) is 3. The van der Waals surface area contributed by atoms with E-state index in [4.69, 9.17) is 23.2 Å². The summed E-state index contributed by atoms with van der Waals surface area (Å²) < 4.78 is 25.9. The first kappa shape index (κ1) is 21.1. The van der Waals surface area contributed by atoms with Crippen LogP contribution in [0.4, 0.5) is 14.5 Å². The van der Waals surface area contributed by atoms with Crippen molar-refractivity contribution >= 4 is 40.7 Å². The number of amides is 2. The Morgan fingerprint density at radius 1 is 1.07 bits per heavy atom. The van der Waals surface area contributed by atoms with Crippen LogP contribution in [0, 0.1) is 11.6 Å². The highest BCUT2D eigenvalue weighted by molar-refractivity contribution is 6.42. The van der Waals surface area contributed by atoms with Crippen LogP contribution in [-0.4, -0.2) is 36.9 Å². The molecule has 0 spiro atoms. The first-order chi connectivity index (χ1) is 12.8. The second-order valence-corrected chi connectivity index (χ2v) is 6.62. The highest BCUT2D eigenvalue weighted by atomic mass is 35.5. The molecule has 2 amide bonds. The molecule has 2 N–H and O–H groups in total. The summed E-state index contributed by atoms with van der Waals surface area (Å²) in [4.78, 5) is 25.4. The Bertz CT molecular complexity index is 849. The molecule has 0 saturated heterocycles. The number of carbonyl (C=O) groups excluding carboxylic acids is 2. The van der Waals surface area contributed by atoms with Crippen molar-refractivity contribution in [2.45, 2.75) is 6.54 Å². The predicted octanol–water partition coefficient (Wildman–Crippen LogP) is 3.46. The van der Waals surface area contributed by atoms with Crippen molar-refractivity contribution in [3.8, 4) is 0 Å². The minimum absolute atomic E-state index is 0.0291. The van der Waals surface area contributed by atoms with E-state index >= 15 is 0 Å². The molecule has 2 aromatic carbocycles. The fourth-order valence-electron chi connectivity index (χ4n) is 2.28. The summed E-state index contributed by atoms with van der Waals surface area (Å²) in [6.45, 7) is 0.124. The molecule has 0 aliphatic carbocycles. The van der Waals surface area contributed by atoms with E-state index in [9.17, 15) is 18.4 Å². The number of anilines is 1. The molecule has 0 heterocycles. The van der Waals surface area contributed by atoms with E-state index in [-0.39, 0.29) is 24.7 Å².